The molecule has 0 saturated heterocycles. The van der Waals surface area contributed by atoms with E-state index in [0.29, 0.717) is 0 Å². The van der Waals surface area contributed by atoms with Crippen LogP contribution in [0.1, 0.15) is 0 Å². The van der Waals surface area contributed by atoms with Crippen LogP contribution in [0.2, 0.25) is 10.0 Å². The van der Waals surface area contributed by atoms with Crippen molar-refractivity contribution in [2.24, 2.45) is 5.14 Å². The van der Waals surface area contributed by atoms with Crippen molar-refractivity contribution < 1.29 is 13.2 Å². The molecule has 0 atom stereocenters. The fraction of sp³-hybridized carbons (Fsp3) is 0.111. The second-order valence-electron chi connectivity index (χ2n) is 3.11. The molecule has 0 aliphatic heterocycles. The zero-order valence-corrected chi connectivity index (χ0v) is 12.5. The molecule has 0 heterocycles. The van der Waals surface area contributed by atoms with Crippen LogP contribution in [0.3, 0.4) is 0 Å². The topological polar surface area (TPSA) is 69.4 Å². The van der Waals surface area contributed by atoms with Crippen LogP contribution in [0.25, 0.3) is 0 Å². The van der Waals surface area contributed by atoms with Crippen molar-refractivity contribution in [1.82, 2.24) is 0 Å². The van der Waals surface area contributed by atoms with Crippen LogP contribution in [0.15, 0.2) is 27.6 Å². The standard InChI is InChI=1S/C9H7Cl4NO3S/c10-3-5(11)4-17-9-7(12)1-6(2-8(9)13)18(14,15)16/h1-3H,4H2,(H2,14,15,16)/b5-3-. The molecule has 4 nitrogen and oxygen atoms in total. The molecular formula is C9H7Cl4NO3S. The number of halogens is 4. The number of hydrogen-bond acceptors (Lipinski definition) is 3. The van der Waals surface area contributed by atoms with Crippen LogP contribution in [0.5, 0.6) is 5.75 Å². The number of hydrogen-bond donors (Lipinski definition) is 1. The molecule has 1 rings (SSSR count). The molecule has 18 heavy (non-hydrogen) atoms. The molecule has 0 bridgehead atoms. The summed E-state index contributed by atoms with van der Waals surface area (Å²) in [5.74, 6) is 0.0994. The Morgan fingerprint density at radius 1 is 1.33 bits per heavy atom. The Labute approximate surface area is 124 Å². The summed E-state index contributed by atoms with van der Waals surface area (Å²) in [6, 6.07) is 2.27. The summed E-state index contributed by atoms with van der Waals surface area (Å²) in [7, 11) is -3.88. The van der Waals surface area contributed by atoms with Gasteiger partial charge in [-0.05, 0) is 12.1 Å². The highest BCUT2D eigenvalue weighted by Crippen LogP contribution is 2.35. The fourth-order valence-electron chi connectivity index (χ4n) is 1.01. The molecule has 1 aromatic rings. The van der Waals surface area contributed by atoms with E-state index in [1.54, 1.807) is 0 Å². The summed E-state index contributed by atoms with van der Waals surface area (Å²) in [6.07, 6.45) is 0. The Kier molecular flexibility index (Phi) is 5.58. The van der Waals surface area contributed by atoms with Crippen LogP contribution in [-0.2, 0) is 10.0 Å². The van der Waals surface area contributed by atoms with Crippen LogP contribution in [0.4, 0.5) is 0 Å². The first-order valence-corrected chi connectivity index (χ1v) is 7.46. The van der Waals surface area contributed by atoms with Gasteiger partial charge in [0.25, 0.3) is 0 Å². The van der Waals surface area contributed by atoms with E-state index in [1.807, 2.05) is 0 Å². The molecule has 0 aliphatic carbocycles. The second-order valence-corrected chi connectivity index (χ2v) is 6.19. The molecule has 0 radical (unpaired) electrons. The predicted octanol–water partition coefficient (Wildman–Crippen LogP) is 3.34. The van der Waals surface area contributed by atoms with E-state index in [0.717, 1.165) is 17.7 Å². The van der Waals surface area contributed by atoms with Crippen LogP contribution >= 0.6 is 46.4 Å². The smallest absolute Gasteiger partial charge is 0.238 e. The lowest BCUT2D eigenvalue weighted by Gasteiger charge is -2.10. The molecule has 0 saturated carbocycles. The molecular weight excluding hydrogens is 344 g/mol. The number of benzene rings is 1. The van der Waals surface area contributed by atoms with Crippen molar-refractivity contribution in [3.63, 3.8) is 0 Å². The Hall–Kier alpha value is -0.170. The lowest BCUT2D eigenvalue weighted by Crippen LogP contribution is -2.12. The molecule has 0 aromatic heterocycles. The first-order valence-electron chi connectivity index (χ1n) is 4.35. The van der Waals surface area contributed by atoms with Gasteiger partial charge in [0, 0.05) is 5.54 Å². The largest absolute Gasteiger partial charge is 0.485 e. The Balaban J connectivity index is 3.10. The number of primary sulfonamides is 1. The minimum absolute atomic E-state index is 0.00515. The average molecular weight is 351 g/mol. The maximum absolute atomic E-state index is 11.1. The highest BCUT2D eigenvalue weighted by molar-refractivity contribution is 7.89. The van der Waals surface area contributed by atoms with Gasteiger partial charge in [-0.25, -0.2) is 13.6 Å². The SMILES string of the molecule is NS(=O)(=O)c1cc(Cl)c(OC/C(Cl)=C/Cl)c(Cl)c1. The number of nitrogens with two attached hydrogens (primary N) is 1. The Bertz CT molecular complexity index is 562. The maximum atomic E-state index is 11.1. The van der Waals surface area contributed by atoms with Crippen molar-refractivity contribution >= 4 is 56.4 Å². The number of ether oxygens (including phenoxy) is 1. The van der Waals surface area contributed by atoms with Crippen LogP contribution < -0.4 is 9.88 Å². The van der Waals surface area contributed by atoms with E-state index in [9.17, 15) is 8.42 Å². The van der Waals surface area contributed by atoms with Crippen LogP contribution in [0, 0.1) is 0 Å². The highest BCUT2D eigenvalue weighted by atomic mass is 35.5. The lowest BCUT2D eigenvalue weighted by molar-refractivity contribution is 0.359. The van der Waals surface area contributed by atoms with Gasteiger partial charge in [0.1, 0.15) is 6.61 Å². The number of sulfonamides is 1. The second kappa shape index (κ2) is 6.32. The van der Waals surface area contributed by atoms with Crippen molar-refractivity contribution in [1.29, 1.82) is 0 Å². The normalized spacial score (nSPS) is 12.6. The molecule has 100 valence electrons. The third kappa shape index (κ3) is 4.19. The third-order valence-electron chi connectivity index (χ3n) is 1.77. The van der Waals surface area contributed by atoms with Crippen molar-refractivity contribution in [3.8, 4) is 5.75 Å². The molecule has 0 fully saturated rings. The molecule has 0 unspecified atom stereocenters. The summed E-state index contributed by atoms with van der Waals surface area (Å²) in [5.41, 5.74) is 1.13. The monoisotopic (exact) mass is 349 g/mol. The van der Waals surface area contributed by atoms with Gasteiger partial charge in [0.05, 0.1) is 20.0 Å². The molecule has 0 aliphatic rings. The van der Waals surface area contributed by atoms with Gasteiger partial charge in [-0.3, -0.25) is 0 Å². The van der Waals surface area contributed by atoms with Crippen LogP contribution in [-0.4, -0.2) is 15.0 Å². The van der Waals surface area contributed by atoms with Gasteiger partial charge < -0.3 is 4.74 Å². The minimum Gasteiger partial charge on any atom is -0.485 e. The zero-order chi connectivity index (χ0) is 13.9. The Morgan fingerprint density at radius 2 is 1.83 bits per heavy atom. The van der Waals surface area contributed by atoms with E-state index in [2.05, 4.69) is 0 Å². The average Bonchev–Trinajstić information content (AvgIpc) is 2.26. The molecule has 9 heteroatoms. The van der Waals surface area contributed by atoms with E-state index < -0.39 is 10.0 Å². The van der Waals surface area contributed by atoms with Gasteiger partial charge in [-0.1, -0.05) is 46.4 Å². The van der Waals surface area contributed by atoms with Gasteiger partial charge in [0.2, 0.25) is 10.0 Å². The summed E-state index contributed by atoms with van der Waals surface area (Å²) >= 11 is 22.7. The molecule has 2 N–H and O–H groups in total. The van der Waals surface area contributed by atoms with Gasteiger partial charge >= 0.3 is 0 Å². The first kappa shape index (κ1) is 15.9. The minimum atomic E-state index is -3.88. The predicted molar refractivity (Wildman–Crippen MR) is 73.1 cm³/mol. The summed E-state index contributed by atoms with van der Waals surface area (Å²) in [4.78, 5) is -0.205. The maximum Gasteiger partial charge on any atom is 0.238 e. The zero-order valence-electron chi connectivity index (χ0n) is 8.66. The van der Waals surface area contributed by atoms with Gasteiger partial charge in [-0.2, -0.15) is 0 Å². The van der Waals surface area contributed by atoms with Gasteiger partial charge in [-0.15, -0.1) is 0 Å². The van der Waals surface area contributed by atoms with Gasteiger partial charge in [0.15, 0.2) is 5.75 Å². The first-order chi connectivity index (χ1) is 8.25. The van der Waals surface area contributed by atoms with E-state index in [-0.39, 0.29) is 32.3 Å². The molecule has 1 aromatic carbocycles. The van der Waals surface area contributed by atoms with E-state index >= 15 is 0 Å². The highest BCUT2D eigenvalue weighted by Gasteiger charge is 2.15. The van der Waals surface area contributed by atoms with Crippen molar-refractivity contribution in [2.75, 3.05) is 6.61 Å². The quantitative estimate of drug-likeness (QED) is 0.905. The fourth-order valence-corrected chi connectivity index (χ4v) is 2.42. The molecule has 0 spiro atoms. The summed E-state index contributed by atoms with van der Waals surface area (Å²) in [5, 5.41) is 5.20. The Morgan fingerprint density at radius 3 is 2.22 bits per heavy atom. The number of rotatable bonds is 4. The van der Waals surface area contributed by atoms with E-state index in [1.165, 1.54) is 0 Å². The third-order valence-corrected chi connectivity index (χ3v) is 3.82. The summed E-state index contributed by atoms with van der Waals surface area (Å²) < 4.78 is 27.5. The van der Waals surface area contributed by atoms with Crippen molar-refractivity contribution in [3.05, 3.63) is 32.7 Å². The lowest BCUT2D eigenvalue weighted by atomic mass is 10.3. The molecule has 0 amide bonds. The van der Waals surface area contributed by atoms with Crippen molar-refractivity contribution in [2.45, 2.75) is 4.90 Å². The van der Waals surface area contributed by atoms with E-state index in [4.69, 9.17) is 56.3 Å². The summed E-state index contributed by atoms with van der Waals surface area (Å²) in [6.45, 7) is -0.0424.